The third-order valence-corrected chi connectivity index (χ3v) is 9.00. The average molecular weight is 569 g/mol. The minimum Gasteiger partial charge on any atom is -0.353 e. The lowest BCUT2D eigenvalue weighted by molar-refractivity contribution is -0.121. The van der Waals surface area contributed by atoms with Crippen LogP contribution in [0.3, 0.4) is 0 Å². The number of carbonyl (C=O) groups is 1. The average Bonchev–Trinajstić information content (AvgIpc) is 3.11. The quantitative estimate of drug-likeness (QED) is 0.442. The summed E-state index contributed by atoms with van der Waals surface area (Å²) in [6, 6.07) is 6.13. The molecule has 5 rings (SSSR count). The molecule has 3 heterocycles. The first kappa shape index (κ1) is 26.8. The lowest BCUT2D eigenvalue weighted by Gasteiger charge is -2.15. The number of Topliss-reactive ketones (excluding diaryl/α,β-unsaturated/α-hetero) is 1. The zero-order valence-electron chi connectivity index (χ0n) is 20.7. The molecular weight excluding hydrogens is 544 g/mol. The van der Waals surface area contributed by atoms with E-state index in [2.05, 4.69) is 20.3 Å². The summed E-state index contributed by atoms with van der Waals surface area (Å²) in [4.78, 5) is 25.2. The molecular formula is C25H24F4N4O3S2. The van der Waals surface area contributed by atoms with Crippen LogP contribution < -0.4 is 5.32 Å². The number of nitrogens with one attached hydrogen (secondary N) is 1. The van der Waals surface area contributed by atoms with Crippen molar-refractivity contribution in [2.24, 2.45) is 15.9 Å². The third-order valence-electron chi connectivity index (χ3n) is 6.41. The predicted molar refractivity (Wildman–Crippen MR) is 139 cm³/mol. The van der Waals surface area contributed by atoms with Gasteiger partial charge < -0.3 is 5.32 Å². The number of aliphatic imine (C=N–C) groups is 2. The van der Waals surface area contributed by atoms with E-state index in [9.17, 15) is 30.8 Å². The van der Waals surface area contributed by atoms with E-state index in [1.165, 1.54) is 23.9 Å². The minimum atomic E-state index is -3.75. The van der Waals surface area contributed by atoms with Crippen molar-refractivity contribution in [2.45, 2.75) is 55.9 Å². The van der Waals surface area contributed by atoms with Crippen molar-refractivity contribution in [1.29, 1.82) is 0 Å². The van der Waals surface area contributed by atoms with Crippen molar-refractivity contribution < 1.29 is 30.8 Å². The second kappa shape index (κ2) is 9.15. The van der Waals surface area contributed by atoms with E-state index in [1.807, 2.05) is 13.8 Å². The van der Waals surface area contributed by atoms with Crippen LogP contribution >= 0.6 is 11.8 Å². The van der Waals surface area contributed by atoms with Crippen LogP contribution in [0.1, 0.15) is 37.2 Å². The Morgan fingerprint density at radius 2 is 1.92 bits per heavy atom. The molecule has 0 bridgehead atoms. The fourth-order valence-corrected chi connectivity index (χ4v) is 6.39. The zero-order valence-corrected chi connectivity index (χ0v) is 22.3. The standard InChI is InChI=1S/C25H24F4N4O3S2/c1-24(2)11-37-23(33-24)12-4-5-15(20(6-12)38(3,35)36)31-16-7-13(8-19(34)14-10-25(14,28)29)30-17-9-18(22(26)27)32-21(16)17/h4-7,14,22H,8-11H2,1-3H3,(H,30,31). The number of alkyl halides is 4. The Morgan fingerprint density at radius 3 is 2.50 bits per heavy atom. The molecule has 1 atom stereocenters. The summed E-state index contributed by atoms with van der Waals surface area (Å²) in [6.45, 7) is 3.95. The van der Waals surface area contributed by atoms with Crippen LogP contribution in [0.2, 0.25) is 0 Å². The maximum absolute atomic E-state index is 13.4. The number of rotatable bonds is 8. The molecule has 7 nitrogen and oxygen atoms in total. The number of benzene rings is 1. The van der Waals surface area contributed by atoms with Crippen LogP contribution in [0.4, 0.5) is 34.6 Å². The molecule has 1 saturated carbocycles. The number of pyridine rings is 1. The van der Waals surface area contributed by atoms with Gasteiger partial charge in [-0.3, -0.25) is 14.8 Å². The Kier molecular flexibility index (Phi) is 6.45. The molecule has 0 amide bonds. The Labute approximate surface area is 221 Å². The van der Waals surface area contributed by atoms with Gasteiger partial charge in [0.05, 0.1) is 49.9 Å². The van der Waals surface area contributed by atoms with Gasteiger partial charge in [-0.05, 0) is 32.0 Å². The number of aromatic nitrogens is 1. The largest absolute Gasteiger partial charge is 0.353 e. The number of nitrogens with zero attached hydrogens (tertiary/aromatic N) is 3. The fraction of sp³-hybridized carbons (Fsp3) is 0.440. The van der Waals surface area contributed by atoms with E-state index in [-0.39, 0.29) is 45.3 Å². The van der Waals surface area contributed by atoms with Gasteiger partial charge in [-0.1, -0.05) is 6.07 Å². The SMILES string of the molecule is CC1(C)CSC(c2ccc(Nc3cc(CC(=O)C4CC4(F)F)nc4c3N=C(C(F)F)C4)c(S(C)(=O)=O)c2)=N1. The third kappa shape index (κ3) is 5.35. The Morgan fingerprint density at radius 1 is 1.21 bits per heavy atom. The van der Waals surface area contributed by atoms with E-state index in [0.29, 0.717) is 10.6 Å². The predicted octanol–water partition coefficient (Wildman–Crippen LogP) is 5.16. The van der Waals surface area contributed by atoms with Crippen molar-refractivity contribution in [1.82, 2.24) is 4.98 Å². The molecule has 1 aliphatic carbocycles. The van der Waals surface area contributed by atoms with Gasteiger partial charge in [-0.15, -0.1) is 11.8 Å². The van der Waals surface area contributed by atoms with Gasteiger partial charge in [0.15, 0.2) is 9.84 Å². The number of sulfone groups is 1. The molecule has 2 aliphatic heterocycles. The number of hydrogen-bond donors (Lipinski definition) is 1. The van der Waals surface area contributed by atoms with Crippen LogP contribution in [0.15, 0.2) is 39.1 Å². The maximum Gasteiger partial charge on any atom is 0.277 e. The van der Waals surface area contributed by atoms with E-state index in [0.717, 1.165) is 12.0 Å². The second-order valence-electron chi connectivity index (χ2n) is 10.3. The highest BCUT2D eigenvalue weighted by Gasteiger charge is 2.60. The molecule has 1 aromatic heterocycles. The van der Waals surface area contributed by atoms with Crippen LogP contribution in [0, 0.1) is 5.92 Å². The molecule has 13 heteroatoms. The number of anilines is 2. The van der Waals surface area contributed by atoms with E-state index in [1.54, 1.807) is 12.1 Å². The van der Waals surface area contributed by atoms with Crippen LogP contribution in [-0.4, -0.2) is 59.8 Å². The summed E-state index contributed by atoms with van der Waals surface area (Å²) in [5.41, 5.74) is 0.605. The minimum absolute atomic E-state index is 0.0418. The van der Waals surface area contributed by atoms with Gasteiger partial charge in [-0.2, -0.15) is 0 Å². The number of halogens is 4. The summed E-state index contributed by atoms with van der Waals surface area (Å²) >= 11 is 1.52. The number of ketones is 1. The van der Waals surface area contributed by atoms with Gasteiger partial charge in [0.1, 0.15) is 11.5 Å². The first-order valence-electron chi connectivity index (χ1n) is 11.8. The van der Waals surface area contributed by atoms with Crippen LogP contribution in [-0.2, 0) is 27.5 Å². The van der Waals surface area contributed by atoms with Crippen molar-refractivity contribution in [2.75, 3.05) is 17.3 Å². The lowest BCUT2D eigenvalue weighted by Crippen LogP contribution is -2.15. The molecule has 0 radical (unpaired) electrons. The molecule has 1 N–H and O–H groups in total. The van der Waals surface area contributed by atoms with E-state index < -0.39 is 52.4 Å². The molecule has 2 aromatic rings. The van der Waals surface area contributed by atoms with Gasteiger partial charge >= 0.3 is 0 Å². The van der Waals surface area contributed by atoms with E-state index in [4.69, 9.17) is 0 Å². The smallest absolute Gasteiger partial charge is 0.277 e. The zero-order chi connectivity index (χ0) is 27.6. The highest BCUT2D eigenvalue weighted by Crippen LogP contribution is 2.49. The van der Waals surface area contributed by atoms with Crippen LogP contribution in [0.25, 0.3) is 0 Å². The molecule has 0 saturated heterocycles. The molecule has 0 spiro atoms. The first-order chi connectivity index (χ1) is 17.6. The molecule has 38 heavy (non-hydrogen) atoms. The van der Waals surface area contributed by atoms with Crippen LogP contribution in [0.5, 0.6) is 0 Å². The molecule has 1 fully saturated rings. The summed E-state index contributed by atoms with van der Waals surface area (Å²) in [5.74, 6) is -4.37. The Hall–Kier alpha value is -2.80. The van der Waals surface area contributed by atoms with Crippen molar-refractivity contribution in [3.8, 4) is 0 Å². The van der Waals surface area contributed by atoms with Gasteiger partial charge in [0.2, 0.25) is 0 Å². The summed E-state index contributed by atoms with van der Waals surface area (Å²) in [6.07, 6.45) is -2.99. The molecule has 202 valence electrons. The Balaban J connectivity index is 1.53. The number of hydrogen-bond acceptors (Lipinski definition) is 8. The first-order valence-corrected chi connectivity index (χ1v) is 14.6. The summed E-state index contributed by atoms with van der Waals surface area (Å²) in [7, 11) is -3.75. The summed E-state index contributed by atoms with van der Waals surface area (Å²) < 4.78 is 79.1. The molecule has 1 unspecified atom stereocenters. The topological polar surface area (TPSA) is 101 Å². The van der Waals surface area contributed by atoms with Gasteiger partial charge in [0.25, 0.3) is 12.3 Å². The number of carbonyl (C=O) groups excluding carboxylic acids is 1. The van der Waals surface area contributed by atoms with Gasteiger partial charge in [0, 0.05) is 36.8 Å². The highest BCUT2D eigenvalue weighted by molar-refractivity contribution is 8.14. The Bertz CT molecular complexity index is 1520. The monoisotopic (exact) mass is 568 g/mol. The van der Waals surface area contributed by atoms with Gasteiger partial charge in [-0.25, -0.2) is 31.0 Å². The van der Waals surface area contributed by atoms with Crippen molar-refractivity contribution >= 4 is 55.2 Å². The second-order valence-corrected chi connectivity index (χ2v) is 13.3. The lowest BCUT2D eigenvalue weighted by atomic mass is 10.1. The molecule has 3 aliphatic rings. The fourth-order valence-electron chi connectivity index (χ4n) is 4.37. The van der Waals surface area contributed by atoms with Crippen molar-refractivity contribution in [3.63, 3.8) is 0 Å². The van der Waals surface area contributed by atoms with E-state index >= 15 is 0 Å². The summed E-state index contributed by atoms with van der Waals surface area (Å²) in [5, 5.41) is 3.68. The maximum atomic E-state index is 13.4. The molecule has 1 aromatic carbocycles. The highest BCUT2D eigenvalue weighted by atomic mass is 32.2. The number of fused-ring (bicyclic) bond motifs is 1. The van der Waals surface area contributed by atoms with Crippen molar-refractivity contribution in [3.05, 3.63) is 41.2 Å². The normalized spacial score (nSPS) is 21.2. The number of thioether (sulfide) groups is 1.